The molecular weight excluding hydrogens is 298 g/mol. The highest BCUT2D eigenvalue weighted by molar-refractivity contribution is 5.87. The number of phenols is 1. The maximum absolute atomic E-state index is 10.9. The minimum absolute atomic E-state index is 0.0222. The summed E-state index contributed by atoms with van der Waals surface area (Å²) in [6.45, 7) is 2.27. The normalized spacial score (nSPS) is 10.7. The molecule has 0 spiro atoms. The van der Waals surface area contributed by atoms with Crippen LogP contribution in [0, 0.1) is 10.1 Å². The maximum Gasteiger partial charge on any atom is 0.365 e. The van der Waals surface area contributed by atoms with Crippen molar-refractivity contribution in [3.05, 3.63) is 58.6 Å². The predicted molar refractivity (Wildman–Crippen MR) is 85.5 cm³/mol. The molecule has 0 aliphatic rings. The summed E-state index contributed by atoms with van der Waals surface area (Å²) in [6, 6.07) is 12.6. The molecule has 3 aromatic rings. The van der Waals surface area contributed by atoms with Crippen LogP contribution >= 0.6 is 0 Å². The summed E-state index contributed by atoms with van der Waals surface area (Å²) in [5, 5.41) is 20.9. The lowest BCUT2D eigenvalue weighted by atomic mass is 10.1. The molecule has 0 aliphatic carbocycles. The standard InChI is InChI=1S/C17H13NO5/c1-2-22-17-10-16(11-3-6-13(19)7-4-11)23-15-8-5-12(18(20)21)9-14(15)17/h3-10H,2H2,1H3/p+1. The van der Waals surface area contributed by atoms with Crippen molar-refractivity contribution in [2.24, 2.45) is 0 Å². The highest BCUT2D eigenvalue weighted by atomic mass is 16.6. The van der Waals surface area contributed by atoms with Crippen LogP contribution in [0.3, 0.4) is 0 Å². The predicted octanol–water partition coefficient (Wildman–Crippen LogP) is 4.39. The fourth-order valence-electron chi connectivity index (χ4n) is 2.30. The number of nitrogens with zero attached hydrogens (tertiary/aromatic N) is 1. The summed E-state index contributed by atoms with van der Waals surface area (Å²) >= 11 is 0. The first kappa shape index (κ1) is 14.8. The van der Waals surface area contributed by atoms with Gasteiger partial charge in [0.15, 0.2) is 0 Å². The monoisotopic (exact) mass is 312 g/mol. The Hall–Kier alpha value is -3.15. The van der Waals surface area contributed by atoms with Crippen molar-refractivity contribution in [3.8, 4) is 22.8 Å². The van der Waals surface area contributed by atoms with Crippen LogP contribution in [-0.4, -0.2) is 16.6 Å². The molecular formula is C17H14NO5+. The summed E-state index contributed by atoms with van der Waals surface area (Å²) in [6.07, 6.45) is 0. The first-order chi connectivity index (χ1) is 11.1. The van der Waals surface area contributed by atoms with E-state index in [0.29, 0.717) is 29.1 Å². The first-order valence-corrected chi connectivity index (χ1v) is 7.06. The third-order valence-electron chi connectivity index (χ3n) is 3.37. The average molecular weight is 312 g/mol. The van der Waals surface area contributed by atoms with Crippen molar-refractivity contribution in [2.45, 2.75) is 6.92 Å². The van der Waals surface area contributed by atoms with Gasteiger partial charge in [-0.05, 0) is 31.2 Å². The molecule has 1 N–H and O–H groups in total. The van der Waals surface area contributed by atoms with Crippen molar-refractivity contribution < 1.29 is 19.2 Å². The fraction of sp³-hybridized carbons (Fsp3) is 0.118. The Morgan fingerprint density at radius 3 is 2.57 bits per heavy atom. The Labute approximate surface area is 131 Å². The number of nitro groups is 1. The van der Waals surface area contributed by atoms with E-state index in [4.69, 9.17) is 9.15 Å². The van der Waals surface area contributed by atoms with E-state index in [1.807, 2.05) is 6.92 Å². The number of fused-ring (bicyclic) bond motifs is 1. The first-order valence-electron chi connectivity index (χ1n) is 7.06. The Balaban J connectivity index is 2.20. The Morgan fingerprint density at radius 2 is 1.91 bits per heavy atom. The van der Waals surface area contributed by atoms with Crippen LogP contribution < -0.4 is 4.74 Å². The molecule has 0 unspecified atom stereocenters. The average Bonchev–Trinajstić information content (AvgIpc) is 2.55. The number of rotatable bonds is 4. The van der Waals surface area contributed by atoms with Crippen LogP contribution in [0.2, 0.25) is 0 Å². The zero-order valence-corrected chi connectivity index (χ0v) is 12.4. The minimum Gasteiger partial charge on any atom is -0.508 e. The van der Waals surface area contributed by atoms with Crippen LogP contribution in [-0.2, 0) is 0 Å². The van der Waals surface area contributed by atoms with E-state index in [9.17, 15) is 15.2 Å². The van der Waals surface area contributed by atoms with Gasteiger partial charge in [-0.25, -0.2) is 4.42 Å². The molecule has 1 aromatic heterocycles. The van der Waals surface area contributed by atoms with Gasteiger partial charge in [-0.3, -0.25) is 10.1 Å². The molecule has 0 aliphatic heterocycles. The van der Waals surface area contributed by atoms with Gasteiger partial charge in [0, 0.05) is 12.1 Å². The number of hydrogen-bond donors (Lipinski definition) is 1. The van der Waals surface area contributed by atoms with Gasteiger partial charge in [0.1, 0.15) is 16.9 Å². The van der Waals surface area contributed by atoms with Crippen molar-refractivity contribution >= 4 is 16.7 Å². The summed E-state index contributed by atoms with van der Waals surface area (Å²) in [5.41, 5.74) is 1.24. The number of ether oxygens (including phenoxy) is 1. The molecule has 116 valence electrons. The van der Waals surface area contributed by atoms with Gasteiger partial charge in [-0.15, -0.1) is 0 Å². The van der Waals surface area contributed by atoms with Gasteiger partial charge in [0.2, 0.25) is 0 Å². The SMILES string of the molecule is CCOc1cc(-c2ccc(O)cc2)[o+]c2ccc([N+](=O)[O-])cc12. The Bertz CT molecular complexity index is 874. The lowest BCUT2D eigenvalue weighted by Gasteiger charge is -2.04. The molecule has 2 aromatic carbocycles. The van der Waals surface area contributed by atoms with Crippen molar-refractivity contribution in [3.63, 3.8) is 0 Å². The fourth-order valence-corrected chi connectivity index (χ4v) is 2.30. The number of nitro benzene ring substituents is 1. The van der Waals surface area contributed by atoms with Crippen molar-refractivity contribution in [1.82, 2.24) is 0 Å². The molecule has 0 saturated carbocycles. The molecule has 1 heterocycles. The van der Waals surface area contributed by atoms with Crippen molar-refractivity contribution in [1.29, 1.82) is 0 Å². The largest absolute Gasteiger partial charge is 0.508 e. The molecule has 6 nitrogen and oxygen atoms in total. The molecule has 0 saturated heterocycles. The second kappa shape index (κ2) is 5.92. The molecule has 0 bridgehead atoms. The highest BCUT2D eigenvalue weighted by Gasteiger charge is 2.22. The number of aromatic hydroxyl groups is 1. The Morgan fingerprint density at radius 1 is 1.17 bits per heavy atom. The van der Waals surface area contributed by atoms with E-state index < -0.39 is 4.92 Å². The van der Waals surface area contributed by atoms with E-state index in [1.54, 1.807) is 36.4 Å². The van der Waals surface area contributed by atoms with Gasteiger partial charge in [0.25, 0.3) is 5.69 Å². The molecule has 0 fully saturated rings. The summed E-state index contributed by atoms with van der Waals surface area (Å²) in [4.78, 5) is 10.5. The smallest absolute Gasteiger partial charge is 0.365 e. The zero-order valence-electron chi connectivity index (χ0n) is 12.4. The van der Waals surface area contributed by atoms with Gasteiger partial charge < -0.3 is 9.84 Å². The topological polar surface area (TPSA) is 83.9 Å². The van der Waals surface area contributed by atoms with E-state index in [-0.39, 0.29) is 11.4 Å². The van der Waals surface area contributed by atoms with Crippen LogP contribution in [0.15, 0.2) is 52.9 Å². The molecule has 23 heavy (non-hydrogen) atoms. The second-order valence-corrected chi connectivity index (χ2v) is 4.89. The van der Waals surface area contributed by atoms with E-state index in [1.165, 1.54) is 12.1 Å². The second-order valence-electron chi connectivity index (χ2n) is 4.89. The van der Waals surface area contributed by atoms with Gasteiger partial charge >= 0.3 is 11.3 Å². The lowest BCUT2D eigenvalue weighted by Crippen LogP contribution is -1.94. The lowest BCUT2D eigenvalue weighted by molar-refractivity contribution is -0.384. The Kier molecular flexibility index (Phi) is 3.80. The summed E-state index contributed by atoms with van der Waals surface area (Å²) in [7, 11) is 0. The molecule has 0 radical (unpaired) electrons. The van der Waals surface area contributed by atoms with E-state index >= 15 is 0 Å². The number of benzene rings is 2. The highest BCUT2D eigenvalue weighted by Crippen LogP contribution is 2.35. The van der Waals surface area contributed by atoms with Gasteiger partial charge in [-0.1, -0.05) is 0 Å². The van der Waals surface area contributed by atoms with Crippen LogP contribution in [0.25, 0.3) is 22.3 Å². The maximum atomic E-state index is 10.9. The van der Waals surface area contributed by atoms with Crippen LogP contribution in [0.4, 0.5) is 5.69 Å². The third kappa shape index (κ3) is 2.91. The molecule has 0 atom stereocenters. The molecule has 6 heteroatoms. The number of hydrogen-bond acceptors (Lipinski definition) is 4. The minimum atomic E-state index is -0.455. The molecule has 3 rings (SSSR count). The van der Waals surface area contributed by atoms with Gasteiger partial charge in [-0.2, -0.15) is 0 Å². The van der Waals surface area contributed by atoms with E-state index in [0.717, 1.165) is 5.56 Å². The zero-order chi connectivity index (χ0) is 16.4. The summed E-state index contributed by atoms with van der Waals surface area (Å²) < 4.78 is 11.4. The van der Waals surface area contributed by atoms with Gasteiger partial charge in [0.05, 0.1) is 29.2 Å². The van der Waals surface area contributed by atoms with Crippen molar-refractivity contribution in [2.75, 3.05) is 6.61 Å². The van der Waals surface area contributed by atoms with E-state index in [2.05, 4.69) is 0 Å². The van der Waals surface area contributed by atoms with Crippen LogP contribution in [0.1, 0.15) is 6.92 Å². The summed E-state index contributed by atoms with van der Waals surface area (Å²) in [5.74, 6) is 1.23. The third-order valence-corrected chi connectivity index (χ3v) is 3.37. The van der Waals surface area contributed by atoms with Crippen LogP contribution in [0.5, 0.6) is 11.5 Å². The quantitative estimate of drug-likeness (QED) is 0.438. The molecule has 0 amide bonds. The number of non-ortho nitro benzene ring substituents is 1. The number of phenolic OH excluding ortho intramolecular Hbond substituents is 1.